The van der Waals surface area contributed by atoms with Crippen LogP contribution in [0.3, 0.4) is 0 Å². The monoisotopic (exact) mass is 540 g/mol. The molecule has 0 aliphatic carbocycles. The quantitative estimate of drug-likeness (QED) is 0.422. The van der Waals surface area contributed by atoms with Gasteiger partial charge < -0.3 is 16.2 Å². The molecule has 3 aromatic rings. The molecule has 0 spiro atoms. The molecule has 2 heterocycles. The molecule has 1 aliphatic rings. The van der Waals surface area contributed by atoms with E-state index >= 15 is 0 Å². The van der Waals surface area contributed by atoms with E-state index in [4.69, 9.17) is 15.6 Å². The Morgan fingerprint density at radius 2 is 1.71 bits per heavy atom. The summed E-state index contributed by atoms with van der Waals surface area (Å²) in [5, 5.41) is 17.5. The van der Waals surface area contributed by atoms with Crippen LogP contribution in [0.5, 0.6) is 0 Å². The summed E-state index contributed by atoms with van der Waals surface area (Å²) in [6.45, 7) is 1.16. The fourth-order valence-corrected chi connectivity index (χ4v) is 3.57. The van der Waals surface area contributed by atoms with Crippen molar-refractivity contribution in [2.45, 2.75) is 32.5 Å². The molecule has 1 amide bonds. The SMILES string of the molecule is Cc1cc(-c2ccc(-n3nnn(CC(CN)=C(F)F)c3=O)cc2)cc2c1NC(=O)CC2.O=C(O)C(F)(F)F. The van der Waals surface area contributed by atoms with E-state index in [1.165, 1.54) is 0 Å². The summed E-state index contributed by atoms with van der Waals surface area (Å²) < 4.78 is 59.3. The van der Waals surface area contributed by atoms with Gasteiger partial charge in [-0.3, -0.25) is 4.79 Å². The summed E-state index contributed by atoms with van der Waals surface area (Å²) in [6, 6.07) is 11.1. The Morgan fingerprint density at radius 3 is 2.26 bits per heavy atom. The van der Waals surface area contributed by atoms with E-state index in [0.29, 0.717) is 18.5 Å². The minimum Gasteiger partial charge on any atom is -0.475 e. The van der Waals surface area contributed by atoms with E-state index in [1.54, 1.807) is 12.1 Å². The molecule has 0 saturated heterocycles. The summed E-state index contributed by atoms with van der Waals surface area (Å²) in [6.07, 6.45) is -5.86. The zero-order chi connectivity index (χ0) is 28.2. The molecule has 1 aromatic heterocycles. The number of hydrogen-bond acceptors (Lipinski definition) is 6. The highest BCUT2D eigenvalue weighted by molar-refractivity contribution is 5.95. The molecule has 0 atom stereocenters. The molecule has 202 valence electrons. The number of nitrogens with one attached hydrogen (secondary N) is 1. The maximum atomic E-state index is 12.8. The van der Waals surface area contributed by atoms with Crippen molar-refractivity contribution in [1.29, 1.82) is 0 Å². The summed E-state index contributed by atoms with van der Waals surface area (Å²) in [7, 11) is 0. The second-order valence-corrected chi connectivity index (χ2v) is 8.12. The molecule has 4 rings (SSSR count). The second kappa shape index (κ2) is 11.3. The first-order valence-corrected chi connectivity index (χ1v) is 10.9. The number of rotatable bonds is 5. The lowest BCUT2D eigenvalue weighted by molar-refractivity contribution is -0.192. The third-order valence-corrected chi connectivity index (χ3v) is 5.48. The number of tetrazole rings is 1. The molecule has 0 saturated carbocycles. The van der Waals surface area contributed by atoms with Crippen LogP contribution in [0, 0.1) is 6.92 Å². The lowest BCUT2D eigenvalue weighted by atomic mass is 9.94. The molecule has 4 N–H and O–H groups in total. The Bertz CT molecular complexity index is 1440. The lowest BCUT2D eigenvalue weighted by Crippen LogP contribution is -2.26. The van der Waals surface area contributed by atoms with Gasteiger partial charge in [0.15, 0.2) is 0 Å². The van der Waals surface area contributed by atoms with Crippen molar-refractivity contribution in [2.75, 3.05) is 11.9 Å². The van der Waals surface area contributed by atoms with Gasteiger partial charge in [0.2, 0.25) is 5.91 Å². The number of alkyl halides is 3. The van der Waals surface area contributed by atoms with E-state index in [-0.39, 0.29) is 18.0 Å². The number of anilines is 1. The van der Waals surface area contributed by atoms with Crippen LogP contribution in [0.15, 0.2) is 52.8 Å². The Labute approximate surface area is 211 Å². The zero-order valence-electron chi connectivity index (χ0n) is 19.7. The number of aromatic nitrogens is 4. The third-order valence-electron chi connectivity index (χ3n) is 5.48. The Morgan fingerprint density at radius 1 is 1.08 bits per heavy atom. The third kappa shape index (κ3) is 6.47. The minimum atomic E-state index is -5.08. The molecule has 10 nitrogen and oxygen atoms in total. The van der Waals surface area contributed by atoms with E-state index in [1.807, 2.05) is 31.2 Å². The van der Waals surface area contributed by atoms with Crippen molar-refractivity contribution >= 4 is 17.6 Å². The van der Waals surface area contributed by atoms with Crippen molar-refractivity contribution in [3.63, 3.8) is 0 Å². The van der Waals surface area contributed by atoms with E-state index in [9.17, 15) is 31.5 Å². The average Bonchev–Trinajstić information content (AvgIpc) is 3.22. The van der Waals surface area contributed by atoms with Gasteiger partial charge in [0.1, 0.15) is 0 Å². The molecule has 15 heteroatoms. The normalized spacial score (nSPS) is 12.7. The maximum absolute atomic E-state index is 12.8. The number of amides is 1. The predicted octanol–water partition coefficient (Wildman–Crippen LogP) is 3.03. The number of hydrogen-bond donors (Lipinski definition) is 3. The van der Waals surface area contributed by atoms with Crippen molar-refractivity contribution < 1.29 is 36.6 Å². The number of carbonyl (C=O) groups excluding carboxylic acids is 1. The van der Waals surface area contributed by atoms with Gasteiger partial charge >= 0.3 is 17.8 Å². The van der Waals surface area contributed by atoms with Crippen LogP contribution in [0.25, 0.3) is 16.8 Å². The van der Waals surface area contributed by atoms with E-state index < -0.39 is 30.5 Å². The molecule has 2 aromatic carbocycles. The summed E-state index contributed by atoms with van der Waals surface area (Å²) in [5.41, 5.74) is 9.60. The highest BCUT2D eigenvalue weighted by Crippen LogP contribution is 2.32. The number of nitrogens with two attached hydrogens (primary N) is 1. The lowest BCUT2D eigenvalue weighted by Gasteiger charge is -2.20. The van der Waals surface area contributed by atoms with Gasteiger partial charge in [-0.25, -0.2) is 9.59 Å². The van der Waals surface area contributed by atoms with Crippen LogP contribution < -0.4 is 16.7 Å². The first kappa shape index (κ1) is 28.2. The van der Waals surface area contributed by atoms with E-state index in [2.05, 4.69) is 15.7 Å². The largest absolute Gasteiger partial charge is 0.490 e. The van der Waals surface area contributed by atoms with Crippen molar-refractivity contribution in [1.82, 2.24) is 19.8 Å². The number of carboxylic acid groups (broad SMARTS) is 1. The average molecular weight is 540 g/mol. The van der Waals surface area contributed by atoms with Gasteiger partial charge in [-0.1, -0.05) is 12.1 Å². The van der Waals surface area contributed by atoms with Crippen LogP contribution >= 0.6 is 0 Å². The van der Waals surface area contributed by atoms with Crippen molar-refractivity contribution in [3.05, 3.63) is 69.7 Å². The van der Waals surface area contributed by atoms with Gasteiger partial charge in [0.05, 0.1) is 12.2 Å². The molecular weight excluding hydrogens is 519 g/mol. The molecule has 0 unspecified atom stereocenters. The number of fused-ring (bicyclic) bond motifs is 1. The highest BCUT2D eigenvalue weighted by Gasteiger charge is 2.38. The van der Waals surface area contributed by atoms with Gasteiger partial charge in [-0.05, 0) is 70.3 Å². The minimum absolute atomic E-state index is 0.0227. The highest BCUT2D eigenvalue weighted by atomic mass is 19.4. The van der Waals surface area contributed by atoms with Crippen molar-refractivity contribution in [3.8, 4) is 16.8 Å². The smallest absolute Gasteiger partial charge is 0.475 e. The van der Waals surface area contributed by atoms with Crippen LogP contribution in [0.2, 0.25) is 0 Å². The van der Waals surface area contributed by atoms with Crippen LogP contribution in [-0.2, 0) is 22.6 Å². The van der Waals surface area contributed by atoms with Gasteiger partial charge in [0, 0.05) is 24.2 Å². The molecule has 38 heavy (non-hydrogen) atoms. The summed E-state index contributed by atoms with van der Waals surface area (Å²) in [4.78, 5) is 33.0. The topological polar surface area (TPSA) is 145 Å². The number of aliphatic carboxylic acids is 1. The van der Waals surface area contributed by atoms with Crippen LogP contribution in [0.4, 0.5) is 27.6 Å². The van der Waals surface area contributed by atoms with E-state index in [0.717, 1.165) is 37.3 Å². The molecule has 0 fully saturated rings. The molecule has 1 aliphatic heterocycles. The number of aryl methyl sites for hydroxylation is 2. The van der Waals surface area contributed by atoms with Gasteiger partial charge in [0.25, 0.3) is 6.08 Å². The number of carbonyl (C=O) groups is 2. The standard InChI is InChI=1S/C21H20F2N6O2.C2HF3O2/c1-12-8-15(9-14-4-7-18(30)25-19(12)14)13-2-5-17(6-3-13)29-21(31)28(26-27-29)11-16(10-24)20(22)23;3-2(4,5)1(6)7/h2-3,5-6,8-9H,4,7,10-11,24H2,1H3,(H,25,30);(H,6,7). The number of carboxylic acids is 1. The molecule has 0 bridgehead atoms. The Hall–Kier alpha value is -4.40. The maximum Gasteiger partial charge on any atom is 0.490 e. The van der Waals surface area contributed by atoms with Crippen LogP contribution in [0.1, 0.15) is 17.5 Å². The molecular formula is C23H21F5N6O4. The first-order valence-electron chi connectivity index (χ1n) is 10.9. The predicted molar refractivity (Wildman–Crippen MR) is 125 cm³/mol. The number of nitrogens with zero attached hydrogens (tertiary/aromatic N) is 4. The second-order valence-electron chi connectivity index (χ2n) is 8.12. The fourth-order valence-electron chi connectivity index (χ4n) is 3.57. The van der Waals surface area contributed by atoms with Gasteiger partial charge in [-0.2, -0.15) is 31.3 Å². The first-order chi connectivity index (χ1) is 17.8. The Kier molecular flexibility index (Phi) is 8.40. The number of halogens is 5. The fraction of sp³-hybridized carbons (Fsp3) is 0.261. The number of benzene rings is 2. The molecule has 0 radical (unpaired) electrons. The van der Waals surface area contributed by atoms with Crippen LogP contribution in [-0.4, -0.2) is 49.5 Å². The summed E-state index contributed by atoms with van der Waals surface area (Å²) in [5.74, 6) is -2.73. The van der Waals surface area contributed by atoms with Gasteiger partial charge in [-0.15, -0.1) is 0 Å². The zero-order valence-corrected chi connectivity index (χ0v) is 19.7. The summed E-state index contributed by atoms with van der Waals surface area (Å²) >= 11 is 0. The van der Waals surface area contributed by atoms with Crippen molar-refractivity contribution in [2.24, 2.45) is 5.73 Å². The Balaban J connectivity index is 0.000000505.